The molecule has 0 aromatic heterocycles. The van der Waals surface area contributed by atoms with Crippen LogP contribution in [0.15, 0.2) is 36.4 Å². The van der Waals surface area contributed by atoms with Crippen molar-refractivity contribution in [2.45, 2.75) is 13.1 Å². The van der Waals surface area contributed by atoms with Crippen molar-refractivity contribution in [2.75, 3.05) is 6.61 Å². The molecule has 0 unspecified atom stereocenters. The Labute approximate surface area is 107 Å². The van der Waals surface area contributed by atoms with Crippen LogP contribution in [-0.4, -0.2) is 18.6 Å². The molecule has 0 heterocycles. The highest BCUT2D eigenvalue weighted by Crippen LogP contribution is 2.33. The van der Waals surface area contributed by atoms with E-state index in [0.717, 1.165) is 0 Å². The summed E-state index contributed by atoms with van der Waals surface area (Å²) in [7, 11) is 0. The number of carbonyl (C=O) groups is 1. The van der Waals surface area contributed by atoms with E-state index < -0.39 is 17.5 Å². The van der Waals surface area contributed by atoms with Crippen LogP contribution < -0.4 is 4.74 Å². The van der Waals surface area contributed by atoms with Gasteiger partial charge in [0, 0.05) is 0 Å². The maximum absolute atomic E-state index is 12.7. The summed E-state index contributed by atoms with van der Waals surface area (Å²) in [5.41, 5.74) is -0.424. The van der Waals surface area contributed by atoms with E-state index >= 15 is 0 Å². The zero-order chi connectivity index (χ0) is 14.0. The number of hydrogen-bond acceptors (Lipinski definition) is 2. The van der Waals surface area contributed by atoms with Crippen molar-refractivity contribution in [3.63, 3.8) is 0 Å². The van der Waals surface area contributed by atoms with Crippen molar-refractivity contribution in [3.8, 4) is 5.75 Å². The Kier molecular flexibility index (Phi) is 3.46. The summed E-state index contributed by atoms with van der Waals surface area (Å²) in [4.78, 5) is 11.6. The van der Waals surface area contributed by atoms with Gasteiger partial charge in [-0.05, 0) is 23.8 Å². The van der Waals surface area contributed by atoms with Gasteiger partial charge >= 0.3 is 6.18 Å². The average Bonchev–Trinajstić information content (AvgIpc) is 2.37. The quantitative estimate of drug-likeness (QED) is 0.787. The Balaban J connectivity index is 2.72. The van der Waals surface area contributed by atoms with Gasteiger partial charge in [0.15, 0.2) is 0 Å². The first-order chi connectivity index (χ1) is 8.95. The maximum Gasteiger partial charge on any atom is 0.455 e. The maximum atomic E-state index is 12.7. The molecule has 2 rings (SSSR count). The Morgan fingerprint density at radius 1 is 1.16 bits per heavy atom. The van der Waals surface area contributed by atoms with Gasteiger partial charge in [0.25, 0.3) is 5.78 Å². The summed E-state index contributed by atoms with van der Waals surface area (Å²) in [6, 6.07) is 9.45. The molecule has 2 aromatic carbocycles. The molecule has 0 radical (unpaired) electrons. The number of alkyl halides is 3. The topological polar surface area (TPSA) is 26.3 Å². The normalized spacial score (nSPS) is 11.6. The minimum Gasteiger partial charge on any atom is -0.493 e. The number of ether oxygens (including phenoxy) is 1. The van der Waals surface area contributed by atoms with Crippen molar-refractivity contribution in [1.29, 1.82) is 0 Å². The van der Waals surface area contributed by atoms with Crippen LogP contribution in [0.2, 0.25) is 0 Å². The van der Waals surface area contributed by atoms with Gasteiger partial charge in [-0.1, -0.05) is 30.3 Å². The summed E-state index contributed by atoms with van der Waals surface area (Å²) in [5.74, 6) is -1.92. The molecule has 2 aromatic rings. The van der Waals surface area contributed by atoms with Crippen LogP contribution in [0.1, 0.15) is 17.3 Å². The molecule has 100 valence electrons. The molecule has 5 heteroatoms. The third kappa shape index (κ3) is 2.54. The highest BCUT2D eigenvalue weighted by molar-refractivity contribution is 6.12. The highest BCUT2D eigenvalue weighted by Gasteiger charge is 2.41. The molecule has 19 heavy (non-hydrogen) atoms. The van der Waals surface area contributed by atoms with E-state index in [4.69, 9.17) is 4.74 Å². The van der Waals surface area contributed by atoms with Gasteiger partial charge in [0.2, 0.25) is 0 Å². The van der Waals surface area contributed by atoms with E-state index in [-0.39, 0.29) is 17.7 Å². The van der Waals surface area contributed by atoms with E-state index in [1.165, 1.54) is 12.1 Å². The first-order valence-electron chi connectivity index (χ1n) is 5.71. The molecule has 0 N–H and O–H groups in total. The van der Waals surface area contributed by atoms with E-state index in [1.807, 2.05) is 0 Å². The first-order valence-corrected chi connectivity index (χ1v) is 5.71. The number of fused-ring (bicyclic) bond motifs is 1. The largest absolute Gasteiger partial charge is 0.493 e. The number of Topliss-reactive ketones (excluding diaryl/α,β-unsaturated/α-hetero) is 1. The molecule has 0 fully saturated rings. The lowest BCUT2D eigenvalue weighted by Crippen LogP contribution is -2.23. The van der Waals surface area contributed by atoms with Crippen molar-refractivity contribution in [3.05, 3.63) is 42.0 Å². The fourth-order valence-corrected chi connectivity index (χ4v) is 1.90. The van der Waals surface area contributed by atoms with Crippen LogP contribution >= 0.6 is 0 Å². The van der Waals surface area contributed by atoms with E-state index in [0.29, 0.717) is 5.39 Å². The number of halogens is 3. The zero-order valence-corrected chi connectivity index (χ0v) is 10.1. The fourth-order valence-electron chi connectivity index (χ4n) is 1.90. The Morgan fingerprint density at radius 3 is 2.47 bits per heavy atom. The first kappa shape index (κ1) is 13.4. The van der Waals surface area contributed by atoms with Crippen molar-refractivity contribution in [1.82, 2.24) is 0 Å². The molecule has 0 bridgehead atoms. The minimum atomic E-state index is -4.92. The Morgan fingerprint density at radius 2 is 1.84 bits per heavy atom. The van der Waals surface area contributed by atoms with Crippen LogP contribution in [0.5, 0.6) is 5.75 Å². The van der Waals surface area contributed by atoms with Gasteiger partial charge in [-0.2, -0.15) is 13.2 Å². The van der Waals surface area contributed by atoms with Gasteiger partial charge in [-0.3, -0.25) is 4.79 Å². The summed E-state index contributed by atoms with van der Waals surface area (Å²) in [6.07, 6.45) is -4.92. The molecule has 0 aliphatic heterocycles. The van der Waals surface area contributed by atoms with Crippen molar-refractivity contribution < 1.29 is 22.7 Å². The van der Waals surface area contributed by atoms with Crippen LogP contribution in [0, 0.1) is 0 Å². The minimum absolute atomic E-state index is 0.0384. The number of hydrogen-bond donors (Lipinski definition) is 0. The monoisotopic (exact) mass is 268 g/mol. The predicted octanol–water partition coefficient (Wildman–Crippen LogP) is 3.98. The van der Waals surface area contributed by atoms with E-state index in [1.54, 1.807) is 31.2 Å². The summed E-state index contributed by atoms with van der Waals surface area (Å²) < 4.78 is 43.2. The standard InChI is InChI=1S/C14H11F3O2/c1-2-19-11-8-7-9-5-3-4-6-10(9)12(11)13(18)14(15,16)17/h3-8H,2H2,1H3. The van der Waals surface area contributed by atoms with Gasteiger partial charge in [-0.15, -0.1) is 0 Å². The molecule has 2 nitrogen and oxygen atoms in total. The lowest BCUT2D eigenvalue weighted by Gasteiger charge is -2.13. The third-order valence-electron chi connectivity index (χ3n) is 2.68. The Bertz CT molecular complexity index is 618. The number of ketones is 1. The Hall–Kier alpha value is -2.04. The lowest BCUT2D eigenvalue weighted by atomic mass is 10.00. The van der Waals surface area contributed by atoms with Crippen molar-refractivity contribution in [2.24, 2.45) is 0 Å². The number of carbonyl (C=O) groups excluding carboxylic acids is 1. The van der Waals surface area contributed by atoms with E-state index in [2.05, 4.69) is 0 Å². The van der Waals surface area contributed by atoms with Gasteiger partial charge < -0.3 is 4.74 Å². The second-order valence-corrected chi connectivity index (χ2v) is 3.92. The molecule has 0 spiro atoms. The molecular weight excluding hydrogens is 257 g/mol. The molecule has 0 aliphatic carbocycles. The second-order valence-electron chi connectivity index (χ2n) is 3.92. The van der Waals surface area contributed by atoms with Crippen molar-refractivity contribution >= 4 is 16.6 Å². The summed E-state index contributed by atoms with van der Waals surface area (Å²) in [5, 5.41) is 0.814. The van der Waals surface area contributed by atoms with Gasteiger partial charge in [0.1, 0.15) is 5.75 Å². The summed E-state index contributed by atoms with van der Waals surface area (Å²) in [6.45, 7) is 1.84. The van der Waals surface area contributed by atoms with Crippen LogP contribution in [0.25, 0.3) is 10.8 Å². The smallest absolute Gasteiger partial charge is 0.455 e. The molecule has 0 atom stereocenters. The van der Waals surface area contributed by atoms with Crippen LogP contribution in [-0.2, 0) is 0 Å². The highest BCUT2D eigenvalue weighted by atomic mass is 19.4. The fraction of sp³-hybridized carbons (Fsp3) is 0.214. The lowest BCUT2D eigenvalue weighted by molar-refractivity contribution is -0.0885. The number of benzene rings is 2. The molecule has 0 aliphatic rings. The third-order valence-corrected chi connectivity index (χ3v) is 2.68. The van der Waals surface area contributed by atoms with E-state index in [9.17, 15) is 18.0 Å². The van der Waals surface area contributed by atoms with Crippen LogP contribution in [0.3, 0.4) is 0 Å². The zero-order valence-electron chi connectivity index (χ0n) is 10.1. The predicted molar refractivity (Wildman–Crippen MR) is 65.5 cm³/mol. The molecule has 0 amide bonds. The SMILES string of the molecule is CCOc1ccc2ccccc2c1C(=O)C(F)(F)F. The van der Waals surface area contributed by atoms with Crippen LogP contribution in [0.4, 0.5) is 13.2 Å². The molecule has 0 saturated heterocycles. The second kappa shape index (κ2) is 4.91. The average molecular weight is 268 g/mol. The summed E-state index contributed by atoms with van der Waals surface area (Å²) >= 11 is 0. The number of rotatable bonds is 3. The molecule has 0 saturated carbocycles. The van der Waals surface area contributed by atoms with Gasteiger partial charge in [0.05, 0.1) is 12.2 Å². The molecular formula is C14H11F3O2. The van der Waals surface area contributed by atoms with Gasteiger partial charge in [-0.25, -0.2) is 0 Å².